The summed E-state index contributed by atoms with van der Waals surface area (Å²) in [5.74, 6) is 0. The zero-order chi connectivity index (χ0) is 10.5. The van der Waals surface area contributed by atoms with E-state index >= 15 is 0 Å². The molecule has 0 fully saturated rings. The van der Waals surface area contributed by atoms with E-state index in [1.165, 1.54) is 32.1 Å². The molecule has 0 amide bonds. The van der Waals surface area contributed by atoms with Gasteiger partial charge in [0.25, 0.3) is 0 Å². The Kier molecular flexibility index (Phi) is 11.1. The van der Waals surface area contributed by atoms with Gasteiger partial charge < -0.3 is 0 Å². The molecule has 0 spiro atoms. The second kappa shape index (κ2) is 12.0. The topological polar surface area (TPSA) is 0 Å². The molecular formula is C14H22. The van der Waals surface area contributed by atoms with Gasteiger partial charge in [-0.3, -0.25) is 0 Å². The quantitative estimate of drug-likeness (QED) is 0.380. The molecule has 0 aliphatic rings. The molecule has 0 N–H and O–H groups in total. The van der Waals surface area contributed by atoms with Crippen LogP contribution in [-0.4, -0.2) is 0 Å². The first-order valence-corrected chi connectivity index (χ1v) is 5.52. The standard InChI is InChI=1S/C14H22/c1-3-5-7-9-11-13-14-12-10-8-6-4-2/h3,5,7,9,11,13-14H,1,4,6,8,10,12H2,2H3. The summed E-state index contributed by atoms with van der Waals surface area (Å²) in [5, 5.41) is 0. The maximum absolute atomic E-state index is 3.60. The summed E-state index contributed by atoms with van der Waals surface area (Å²) < 4.78 is 0. The van der Waals surface area contributed by atoms with Crippen LogP contribution in [0.2, 0.25) is 0 Å². The second-order valence-electron chi connectivity index (χ2n) is 3.28. The van der Waals surface area contributed by atoms with E-state index in [0.717, 1.165) is 0 Å². The smallest absolute Gasteiger partial charge is 0.0348 e. The van der Waals surface area contributed by atoms with E-state index in [9.17, 15) is 0 Å². The van der Waals surface area contributed by atoms with Crippen LogP contribution in [0.25, 0.3) is 0 Å². The minimum atomic E-state index is 1.20. The highest BCUT2D eigenvalue weighted by molar-refractivity contribution is 5.14. The molecule has 0 atom stereocenters. The average Bonchev–Trinajstić information content (AvgIpc) is 2.21. The van der Waals surface area contributed by atoms with Crippen LogP contribution in [0, 0.1) is 0 Å². The molecule has 0 aliphatic heterocycles. The molecule has 0 heterocycles. The Bertz CT molecular complexity index is 194. The normalized spacial score (nSPS) is 12.1. The average molecular weight is 190 g/mol. The van der Waals surface area contributed by atoms with E-state index in [0.29, 0.717) is 0 Å². The molecule has 14 heavy (non-hydrogen) atoms. The molecule has 0 nitrogen and oxygen atoms in total. The van der Waals surface area contributed by atoms with E-state index in [4.69, 9.17) is 0 Å². The summed E-state index contributed by atoms with van der Waals surface area (Å²) in [6.07, 6.45) is 20.7. The first kappa shape index (κ1) is 13.0. The number of rotatable bonds is 8. The third kappa shape index (κ3) is 11.0. The van der Waals surface area contributed by atoms with Crippen molar-refractivity contribution in [1.29, 1.82) is 0 Å². The maximum atomic E-state index is 3.60. The van der Waals surface area contributed by atoms with Crippen LogP contribution in [0.5, 0.6) is 0 Å². The minimum absolute atomic E-state index is 1.20. The third-order valence-electron chi connectivity index (χ3n) is 1.94. The molecule has 0 heteroatoms. The minimum Gasteiger partial charge on any atom is -0.0991 e. The summed E-state index contributed by atoms with van der Waals surface area (Å²) in [4.78, 5) is 0. The zero-order valence-corrected chi connectivity index (χ0v) is 9.28. The molecule has 0 radical (unpaired) electrons. The van der Waals surface area contributed by atoms with Gasteiger partial charge in [-0.05, 0) is 12.8 Å². The number of unbranched alkanes of at least 4 members (excludes halogenated alkanes) is 4. The van der Waals surface area contributed by atoms with Crippen molar-refractivity contribution in [2.45, 2.75) is 39.0 Å². The van der Waals surface area contributed by atoms with Gasteiger partial charge in [0.05, 0.1) is 0 Å². The Hall–Kier alpha value is -1.04. The van der Waals surface area contributed by atoms with Crippen molar-refractivity contribution in [1.82, 2.24) is 0 Å². The molecular weight excluding hydrogens is 168 g/mol. The van der Waals surface area contributed by atoms with Crippen LogP contribution >= 0.6 is 0 Å². The molecule has 0 aliphatic carbocycles. The third-order valence-corrected chi connectivity index (χ3v) is 1.94. The highest BCUT2D eigenvalue weighted by Crippen LogP contribution is 2.02. The van der Waals surface area contributed by atoms with Gasteiger partial charge in [0.1, 0.15) is 0 Å². The highest BCUT2D eigenvalue weighted by Gasteiger charge is 1.82. The van der Waals surface area contributed by atoms with Gasteiger partial charge in [-0.1, -0.05) is 75.3 Å². The fourth-order valence-corrected chi connectivity index (χ4v) is 1.13. The summed E-state index contributed by atoms with van der Waals surface area (Å²) in [6.45, 7) is 5.84. The Balaban J connectivity index is 3.30. The molecule has 78 valence electrons. The molecule has 0 saturated carbocycles. The van der Waals surface area contributed by atoms with E-state index in [-0.39, 0.29) is 0 Å². The van der Waals surface area contributed by atoms with Crippen molar-refractivity contribution >= 4 is 0 Å². The molecule has 0 bridgehead atoms. The molecule has 0 rings (SSSR count). The van der Waals surface area contributed by atoms with Gasteiger partial charge in [0, 0.05) is 0 Å². The molecule has 0 aromatic heterocycles. The fourth-order valence-electron chi connectivity index (χ4n) is 1.13. The van der Waals surface area contributed by atoms with Crippen LogP contribution in [-0.2, 0) is 0 Å². The Morgan fingerprint density at radius 3 is 2.29 bits per heavy atom. The van der Waals surface area contributed by atoms with Crippen LogP contribution in [0.3, 0.4) is 0 Å². The van der Waals surface area contributed by atoms with E-state index in [2.05, 4.69) is 31.7 Å². The van der Waals surface area contributed by atoms with Crippen LogP contribution < -0.4 is 0 Å². The van der Waals surface area contributed by atoms with Gasteiger partial charge in [-0.2, -0.15) is 0 Å². The van der Waals surface area contributed by atoms with Crippen molar-refractivity contribution in [3.05, 3.63) is 49.1 Å². The van der Waals surface area contributed by atoms with Gasteiger partial charge in [-0.25, -0.2) is 0 Å². The largest absolute Gasteiger partial charge is 0.0991 e. The second-order valence-corrected chi connectivity index (χ2v) is 3.28. The molecule has 0 unspecified atom stereocenters. The number of allylic oxidation sites excluding steroid dienone is 7. The lowest BCUT2D eigenvalue weighted by molar-refractivity contribution is 0.674. The van der Waals surface area contributed by atoms with E-state index < -0.39 is 0 Å². The SMILES string of the molecule is C=CC=CC=CC=CCCCCCC. The van der Waals surface area contributed by atoms with Gasteiger partial charge >= 0.3 is 0 Å². The highest BCUT2D eigenvalue weighted by atomic mass is 13.9. The summed E-state index contributed by atoms with van der Waals surface area (Å²) in [6, 6.07) is 0. The predicted octanol–water partition coefficient (Wildman–Crippen LogP) is 4.81. The Morgan fingerprint density at radius 2 is 1.57 bits per heavy atom. The Labute approximate surface area is 88.7 Å². The first-order chi connectivity index (χ1) is 6.91. The van der Waals surface area contributed by atoms with Crippen molar-refractivity contribution in [3.63, 3.8) is 0 Å². The lowest BCUT2D eigenvalue weighted by Gasteiger charge is -1.92. The van der Waals surface area contributed by atoms with E-state index in [1.807, 2.05) is 18.2 Å². The first-order valence-electron chi connectivity index (χ1n) is 5.52. The summed E-state index contributed by atoms with van der Waals surface area (Å²) in [7, 11) is 0. The van der Waals surface area contributed by atoms with Gasteiger partial charge in [-0.15, -0.1) is 0 Å². The number of hydrogen-bond acceptors (Lipinski definition) is 0. The number of hydrogen-bond donors (Lipinski definition) is 0. The van der Waals surface area contributed by atoms with Crippen LogP contribution in [0.1, 0.15) is 39.0 Å². The monoisotopic (exact) mass is 190 g/mol. The van der Waals surface area contributed by atoms with Crippen LogP contribution in [0.4, 0.5) is 0 Å². The van der Waals surface area contributed by atoms with Crippen molar-refractivity contribution in [3.8, 4) is 0 Å². The molecule has 0 saturated heterocycles. The van der Waals surface area contributed by atoms with Gasteiger partial charge in [0.15, 0.2) is 0 Å². The summed E-state index contributed by atoms with van der Waals surface area (Å²) in [5.41, 5.74) is 0. The lowest BCUT2D eigenvalue weighted by atomic mass is 10.1. The van der Waals surface area contributed by atoms with Crippen molar-refractivity contribution in [2.75, 3.05) is 0 Å². The maximum Gasteiger partial charge on any atom is -0.0348 e. The lowest BCUT2D eigenvalue weighted by Crippen LogP contribution is -1.72. The van der Waals surface area contributed by atoms with Crippen molar-refractivity contribution < 1.29 is 0 Å². The zero-order valence-electron chi connectivity index (χ0n) is 9.28. The Morgan fingerprint density at radius 1 is 0.857 bits per heavy atom. The molecule has 0 aromatic rings. The van der Waals surface area contributed by atoms with Crippen LogP contribution in [0.15, 0.2) is 49.1 Å². The summed E-state index contributed by atoms with van der Waals surface area (Å²) >= 11 is 0. The van der Waals surface area contributed by atoms with Gasteiger partial charge in [0.2, 0.25) is 0 Å². The molecule has 0 aromatic carbocycles. The van der Waals surface area contributed by atoms with Crippen molar-refractivity contribution in [2.24, 2.45) is 0 Å². The fraction of sp³-hybridized carbons (Fsp3) is 0.429. The van der Waals surface area contributed by atoms with E-state index in [1.54, 1.807) is 6.08 Å². The predicted molar refractivity (Wildman–Crippen MR) is 66.4 cm³/mol.